The topological polar surface area (TPSA) is 38.0 Å². The molecule has 0 amide bonds. The Morgan fingerprint density at radius 1 is 1.26 bits per heavy atom. The van der Waals surface area contributed by atoms with Crippen LogP contribution in [0.15, 0.2) is 24.3 Å². The van der Waals surface area contributed by atoms with E-state index in [4.69, 9.17) is 0 Å². The molecule has 0 spiro atoms. The molecule has 0 atom stereocenters. The van der Waals surface area contributed by atoms with Gasteiger partial charge in [-0.05, 0) is 31.0 Å². The zero-order valence-electron chi connectivity index (χ0n) is 12.4. The molecule has 0 unspecified atom stereocenters. The monoisotopic (exact) mass is 258 g/mol. The molecule has 1 aromatic carbocycles. The lowest BCUT2D eigenvalue weighted by Gasteiger charge is -2.16. The summed E-state index contributed by atoms with van der Waals surface area (Å²) in [6, 6.07) is 8.01. The number of hydrogen-bond donors (Lipinski definition) is 1. The van der Waals surface area contributed by atoms with Crippen molar-refractivity contribution in [3.63, 3.8) is 0 Å². The second kappa shape index (κ2) is 4.72. The van der Waals surface area contributed by atoms with E-state index in [2.05, 4.69) is 25.9 Å². The summed E-state index contributed by atoms with van der Waals surface area (Å²) in [5.41, 5.74) is 3.89. The Kier molecular flexibility index (Phi) is 3.40. The van der Waals surface area contributed by atoms with Crippen molar-refractivity contribution in [2.45, 2.75) is 46.5 Å². The van der Waals surface area contributed by atoms with Crippen molar-refractivity contribution in [1.82, 2.24) is 9.78 Å². The molecular weight excluding hydrogens is 236 g/mol. The van der Waals surface area contributed by atoms with Crippen LogP contribution in [-0.2, 0) is 11.8 Å². The van der Waals surface area contributed by atoms with Gasteiger partial charge in [0.05, 0.1) is 11.4 Å². The first-order valence-electron chi connectivity index (χ1n) is 6.73. The molecule has 0 aliphatic carbocycles. The zero-order chi connectivity index (χ0) is 14.2. The van der Waals surface area contributed by atoms with E-state index >= 15 is 0 Å². The maximum absolute atomic E-state index is 10.4. The maximum atomic E-state index is 10.4. The fourth-order valence-electron chi connectivity index (χ4n) is 2.31. The smallest absolute Gasteiger partial charge is 0.217 e. The molecular formula is C16H22N2O. The molecule has 3 nitrogen and oxygen atoms in total. The number of aromatic nitrogens is 2. The summed E-state index contributed by atoms with van der Waals surface area (Å²) in [6.07, 6.45) is 0.782. The molecule has 0 bridgehead atoms. The second-order valence-electron chi connectivity index (χ2n) is 6.01. The number of hydrogen-bond acceptors (Lipinski definition) is 2. The highest BCUT2D eigenvalue weighted by Gasteiger charge is 2.26. The Morgan fingerprint density at radius 3 is 2.42 bits per heavy atom. The van der Waals surface area contributed by atoms with Gasteiger partial charge in [-0.15, -0.1) is 0 Å². The van der Waals surface area contributed by atoms with Crippen molar-refractivity contribution >= 4 is 0 Å². The lowest BCUT2D eigenvalue weighted by molar-refractivity contribution is 0.428. The fraction of sp³-hybridized carbons (Fsp3) is 0.438. The van der Waals surface area contributed by atoms with Gasteiger partial charge in [0.2, 0.25) is 5.88 Å². The van der Waals surface area contributed by atoms with Gasteiger partial charge in [-0.2, -0.15) is 5.10 Å². The lowest BCUT2D eigenvalue weighted by atomic mass is 9.89. The third-order valence-electron chi connectivity index (χ3n) is 3.27. The van der Waals surface area contributed by atoms with Crippen LogP contribution in [0.3, 0.4) is 0 Å². The molecule has 0 radical (unpaired) electrons. The molecule has 1 heterocycles. The highest BCUT2D eigenvalue weighted by Crippen LogP contribution is 2.32. The van der Waals surface area contributed by atoms with Crippen molar-refractivity contribution in [2.75, 3.05) is 0 Å². The van der Waals surface area contributed by atoms with Gasteiger partial charge < -0.3 is 5.11 Å². The van der Waals surface area contributed by atoms with Gasteiger partial charge in [0.25, 0.3) is 0 Å². The van der Waals surface area contributed by atoms with E-state index in [1.165, 1.54) is 0 Å². The Bertz CT molecular complexity index is 591. The van der Waals surface area contributed by atoms with Crippen LogP contribution in [0.1, 0.15) is 44.5 Å². The zero-order valence-corrected chi connectivity index (χ0v) is 12.4. The van der Waals surface area contributed by atoms with E-state index in [1.807, 2.05) is 38.1 Å². The maximum Gasteiger partial charge on any atom is 0.217 e. The van der Waals surface area contributed by atoms with Crippen molar-refractivity contribution in [3.05, 3.63) is 41.1 Å². The van der Waals surface area contributed by atoms with Gasteiger partial charge in [-0.3, -0.25) is 0 Å². The summed E-state index contributed by atoms with van der Waals surface area (Å²) in [5.74, 6) is 0.262. The minimum atomic E-state index is -0.0715. The number of aryl methyl sites for hydroxylation is 1. The molecule has 0 aliphatic rings. The van der Waals surface area contributed by atoms with Gasteiger partial charge >= 0.3 is 0 Å². The van der Waals surface area contributed by atoms with Crippen molar-refractivity contribution < 1.29 is 5.11 Å². The first-order chi connectivity index (χ1) is 8.84. The highest BCUT2D eigenvalue weighted by atomic mass is 16.3. The minimum absolute atomic E-state index is 0.0715. The largest absolute Gasteiger partial charge is 0.493 e. The average molecular weight is 258 g/mol. The Hall–Kier alpha value is -1.77. The lowest BCUT2D eigenvalue weighted by Crippen LogP contribution is -2.14. The molecule has 1 aromatic heterocycles. The minimum Gasteiger partial charge on any atom is -0.493 e. The summed E-state index contributed by atoms with van der Waals surface area (Å²) in [6.45, 7) is 10.4. The summed E-state index contributed by atoms with van der Waals surface area (Å²) in [4.78, 5) is 0. The van der Waals surface area contributed by atoms with Crippen molar-refractivity contribution in [3.8, 4) is 11.6 Å². The molecule has 102 valence electrons. The number of benzene rings is 1. The number of aromatic hydroxyl groups is 1. The van der Waals surface area contributed by atoms with Crippen LogP contribution in [0.25, 0.3) is 5.69 Å². The normalized spacial score (nSPS) is 11.8. The number of rotatable bonds is 2. The van der Waals surface area contributed by atoms with Crippen LogP contribution in [0.5, 0.6) is 5.88 Å². The van der Waals surface area contributed by atoms with E-state index < -0.39 is 0 Å². The number of nitrogens with zero attached hydrogens (tertiary/aromatic N) is 2. The summed E-state index contributed by atoms with van der Waals surface area (Å²) >= 11 is 0. The van der Waals surface area contributed by atoms with Crippen LogP contribution in [-0.4, -0.2) is 14.9 Å². The molecule has 0 fully saturated rings. The molecule has 2 rings (SSSR count). The summed E-state index contributed by atoms with van der Waals surface area (Å²) < 4.78 is 1.65. The molecule has 0 aliphatic heterocycles. The SMILES string of the molecule is CCc1c(C(C)(C)C)nn(-c2cccc(C)c2)c1O. The fourth-order valence-corrected chi connectivity index (χ4v) is 2.31. The molecule has 1 N–H and O–H groups in total. The van der Waals surface area contributed by atoms with E-state index in [9.17, 15) is 5.11 Å². The predicted octanol–water partition coefficient (Wildman–Crippen LogP) is 3.75. The first-order valence-corrected chi connectivity index (χ1v) is 6.73. The first kappa shape index (κ1) is 13.7. The standard InChI is InChI=1S/C16H22N2O/c1-6-13-14(16(3,4)5)17-18(15(13)19)12-9-7-8-11(2)10-12/h7-10,19H,6H2,1-5H3. The van der Waals surface area contributed by atoms with Gasteiger partial charge in [-0.25, -0.2) is 4.68 Å². The van der Waals surface area contributed by atoms with Gasteiger partial charge in [0.1, 0.15) is 0 Å². The third kappa shape index (κ3) is 2.50. The van der Waals surface area contributed by atoms with E-state index in [-0.39, 0.29) is 11.3 Å². The molecule has 19 heavy (non-hydrogen) atoms. The Balaban J connectivity index is 2.63. The average Bonchev–Trinajstić information content (AvgIpc) is 2.66. The van der Waals surface area contributed by atoms with Crippen LogP contribution >= 0.6 is 0 Å². The Labute approximate surface area is 114 Å². The highest BCUT2D eigenvalue weighted by molar-refractivity contribution is 5.43. The van der Waals surface area contributed by atoms with Gasteiger partial charge in [0.15, 0.2) is 0 Å². The molecule has 3 heteroatoms. The van der Waals surface area contributed by atoms with E-state index in [0.717, 1.165) is 28.9 Å². The van der Waals surface area contributed by atoms with Crippen LogP contribution in [0.2, 0.25) is 0 Å². The molecule has 2 aromatic rings. The van der Waals surface area contributed by atoms with Crippen molar-refractivity contribution in [1.29, 1.82) is 0 Å². The van der Waals surface area contributed by atoms with Crippen LogP contribution in [0, 0.1) is 6.92 Å². The van der Waals surface area contributed by atoms with Crippen LogP contribution < -0.4 is 0 Å². The van der Waals surface area contributed by atoms with Gasteiger partial charge in [-0.1, -0.05) is 39.8 Å². The quantitative estimate of drug-likeness (QED) is 0.891. The summed E-state index contributed by atoms with van der Waals surface area (Å²) in [7, 11) is 0. The van der Waals surface area contributed by atoms with Gasteiger partial charge in [0, 0.05) is 11.0 Å². The predicted molar refractivity (Wildman–Crippen MR) is 78.0 cm³/mol. The van der Waals surface area contributed by atoms with Crippen molar-refractivity contribution in [2.24, 2.45) is 0 Å². The Morgan fingerprint density at radius 2 is 1.95 bits per heavy atom. The van der Waals surface area contributed by atoms with Crippen LogP contribution in [0.4, 0.5) is 0 Å². The third-order valence-corrected chi connectivity index (χ3v) is 3.27. The second-order valence-corrected chi connectivity index (χ2v) is 6.01. The molecule has 0 saturated heterocycles. The molecule has 0 saturated carbocycles. The van der Waals surface area contributed by atoms with E-state index in [1.54, 1.807) is 4.68 Å². The van der Waals surface area contributed by atoms with E-state index in [0.29, 0.717) is 0 Å². The summed E-state index contributed by atoms with van der Waals surface area (Å²) in [5, 5.41) is 15.0.